The van der Waals surface area contributed by atoms with Crippen molar-refractivity contribution in [3.8, 4) is 11.4 Å². The summed E-state index contributed by atoms with van der Waals surface area (Å²) in [4.78, 5) is 15.4. The van der Waals surface area contributed by atoms with Crippen LogP contribution in [-0.4, -0.2) is 47.0 Å². The van der Waals surface area contributed by atoms with Crippen molar-refractivity contribution >= 4 is 16.9 Å². The lowest BCUT2D eigenvalue weighted by atomic mass is 10.0. The van der Waals surface area contributed by atoms with Crippen LogP contribution < -0.4 is 4.90 Å². The summed E-state index contributed by atoms with van der Waals surface area (Å²) in [5.74, 6) is 1.37. The number of nitrogens with one attached hydrogen (secondary N) is 1. The molecule has 2 aliphatic rings. The molecule has 0 saturated carbocycles. The van der Waals surface area contributed by atoms with E-state index in [9.17, 15) is 0 Å². The van der Waals surface area contributed by atoms with Crippen molar-refractivity contribution in [1.29, 1.82) is 0 Å². The molecule has 4 heterocycles. The molecule has 0 radical (unpaired) electrons. The van der Waals surface area contributed by atoms with Gasteiger partial charge in [-0.05, 0) is 13.0 Å². The van der Waals surface area contributed by atoms with Gasteiger partial charge in [0, 0.05) is 37.2 Å². The summed E-state index contributed by atoms with van der Waals surface area (Å²) in [6.45, 7) is 5.19. The van der Waals surface area contributed by atoms with Crippen LogP contribution in [0.2, 0.25) is 0 Å². The second kappa shape index (κ2) is 6.07. The number of aromatic nitrogens is 3. The molecule has 0 aliphatic carbocycles. The van der Waals surface area contributed by atoms with Crippen molar-refractivity contribution in [3.05, 3.63) is 42.1 Å². The first kappa shape index (κ1) is 15.8. The second-order valence-electron chi connectivity index (χ2n) is 7.05. The molecule has 2 aliphatic heterocycles. The highest BCUT2D eigenvalue weighted by Gasteiger charge is 2.40. The quantitative estimate of drug-likeness (QED) is 0.768. The van der Waals surface area contributed by atoms with Gasteiger partial charge in [-0.3, -0.25) is 0 Å². The Bertz CT molecular complexity index is 922. The highest BCUT2D eigenvalue weighted by Crippen LogP contribution is 2.35. The van der Waals surface area contributed by atoms with Gasteiger partial charge in [0.05, 0.1) is 18.6 Å². The minimum absolute atomic E-state index is 0.376. The van der Waals surface area contributed by atoms with E-state index >= 15 is 0 Å². The van der Waals surface area contributed by atoms with E-state index in [-0.39, 0.29) is 5.79 Å². The third kappa shape index (κ3) is 2.66. The van der Waals surface area contributed by atoms with Gasteiger partial charge in [-0.15, -0.1) is 0 Å². The molecule has 5 rings (SSSR count). The van der Waals surface area contributed by atoms with E-state index in [1.54, 1.807) is 0 Å². The molecule has 0 bridgehead atoms. The summed E-state index contributed by atoms with van der Waals surface area (Å²) in [5, 5.41) is 1.08. The van der Waals surface area contributed by atoms with Crippen LogP contribution in [0.3, 0.4) is 0 Å². The molecule has 26 heavy (non-hydrogen) atoms. The summed E-state index contributed by atoms with van der Waals surface area (Å²) in [7, 11) is 0. The van der Waals surface area contributed by atoms with Gasteiger partial charge in [0.15, 0.2) is 11.6 Å². The molecule has 0 atom stereocenters. The van der Waals surface area contributed by atoms with Gasteiger partial charge in [-0.25, -0.2) is 9.97 Å². The highest BCUT2D eigenvalue weighted by atomic mass is 16.7. The minimum atomic E-state index is -0.376. The van der Waals surface area contributed by atoms with Gasteiger partial charge in [-0.1, -0.05) is 30.3 Å². The third-order valence-corrected chi connectivity index (χ3v) is 5.27. The predicted molar refractivity (Wildman–Crippen MR) is 100 cm³/mol. The van der Waals surface area contributed by atoms with Crippen LogP contribution in [0.25, 0.3) is 22.4 Å². The molecule has 3 aromatic rings. The van der Waals surface area contributed by atoms with Gasteiger partial charge in [0.2, 0.25) is 0 Å². The first-order chi connectivity index (χ1) is 12.7. The van der Waals surface area contributed by atoms with Crippen molar-refractivity contribution in [2.45, 2.75) is 25.6 Å². The Kier molecular flexibility index (Phi) is 3.69. The molecule has 1 aromatic carbocycles. The Hall–Kier alpha value is -2.44. The normalized spacial score (nSPS) is 19.5. The van der Waals surface area contributed by atoms with E-state index in [4.69, 9.17) is 19.4 Å². The standard InChI is InChI=1S/C20H22N4O2/c1-14-13-16-18(21-14)22-17(15-5-3-2-4-6-15)23-19(16)24-9-7-20(8-10-24)25-11-12-26-20/h2-6,13H,7-12H2,1H3,(H,21,22,23). The van der Waals surface area contributed by atoms with Gasteiger partial charge in [0.25, 0.3) is 0 Å². The lowest BCUT2D eigenvalue weighted by Gasteiger charge is -2.38. The molecule has 0 amide bonds. The Morgan fingerprint density at radius 1 is 1.04 bits per heavy atom. The van der Waals surface area contributed by atoms with E-state index in [0.717, 1.165) is 59.9 Å². The van der Waals surface area contributed by atoms with Crippen LogP contribution >= 0.6 is 0 Å². The van der Waals surface area contributed by atoms with Crippen molar-refractivity contribution in [2.75, 3.05) is 31.2 Å². The van der Waals surface area contributed by atoms with E-state index in [0.29, 0.717) is 13.2 Å². The number of aryl methyl sites for hydroxylation is 1. The molecule has 2 aromatic heterocycles. The number of H-pyrrole nitrogens is 1. The highest BCUT2D eigenvalue weighted by molar-refractivity contribution is 5.90. The van der Waals surface area contributed by atoms with Crippen LogP contribution in [-0.2, 0) is 9.47 Å². The zero-order chi connectivity index (χ0) is 17.6. The average molecular weight is 350 g/mol. The second-order valence-corrected chi connectivity index (χ2v) is 7.05. The number of hydrogen-bond donors (Lipinski definition) is 1. The lowest BCUT2D eigenvalue weighted by Crippen LogP contribution is -2.45. The van der Waals surface area contributed by atoms with Gasteiger partial charge in [-0.2, -0.15) is 0 Å². The van der Waals surface area contributed by atoms with E-state index in [1.807, 2.05) is 30.3 Å². The Balaban J connectivity index is 1.54. The summed E-state index contributed by atoms with van der Waals surface area (Å²) < 4.78 is 11.7. The van der Waals surface area contributed by atoms with Gasteiger partial charge in [0.1, 0.15) is 11.5 Å². The Morgan fingerprint density at radius 3 is 2.50 bits per heavy atom. The lowest BCUT2D eigenvalue weighted by molar-refractivity contribution is -0.169. The van der Waals surface area contributed by atoms with Crippen LogP contribution in [0.4, 0.5) is 5.82 Å². The number of piperidine rings is 1. The van der Waals surface area contributed by atoms with E-state index < -0.39 is 0 Å². The van der Waals surface area contributed by atoms with Crippen molar-refractivity contribution in [2.24, 2.45) is 0 Å². The number of benzene rings is 1. The predicted octanol–water partition coefficient (Wildman–Crippen LogP) is 3.28. The molecule has 0 unspecified atom stereocenters. The summed E-state index contributed by atoms with van der Waals surface area (Å²) in [5.41, 5.74) is 3.01. The molecular weight excluding hydrogens is 328 g/mol. The van der Waals surface area contributed by atoms with Crippen LogP contribution in [0.5, 0.6) is 0 Å². The molecule has 1 spiro atoms. The first-order valence-electron chi connectivity index (χ1n) is 9.18. The zero-order valence-corrected chi connectivity index (χ0v) is 14.9. The third-order valence-electron chi connectivity index (χ3n) is 5.27. The topological polar surface area (TPSA) is 63.3 Å². The summed E-state index contributed by atoms with van der Waals surface area (Å²) in [6.07, 6.45) is 1.73. The fraction of sp³-hybridized carbons (Fsp3) is 0.400. The Labute approximate surface area is 152 Å². The first-order valence-corrected chi connectivity index (χ1v) is 9.18. The SMILES string of the molecule is Cc1cc2c(N3CCC4(CC3)OCCO4)nc(-c3ccccc3)nc2[nH]1. The fourth-order valence-corrected chi connectivity index (χ4v) is 3.93. The van der Waals surface area contributed by atoms with Crippen LogP contribution in [0.15, 0.2) is 36.4 Å². The zero-order valence-electron chi connectivity index (χ0n) is 14.9. The summed E-state index contributed by atoms with van der Waals surface area (Å²) in [6, 6.07) is 12.3. The van der Waals surface area contributed by atoms with E-state index in [1.165, 1.54) is 0 Å². The van der Waals surface area contributed by atoms with E-state index in [2.05, 4.69) is 22.9 Å². The molecule has 2 saturated heterocycles. The molecule has 6 nitrogen and oxygen atoms in total. The number of rotatable bonds is 2. The average Bonchev–Trinajstić information content (AvgIpc) is 3.28. The van der Waals surface area contributed by atoms with Crippen molar-refractivity contribution in [3.63, 3.8) is 0 Å². The maximum Gasteiger partial charge on any atom is 0.171 e. The van der Waals surface area contributed by atoms with Crippen LogP contribution in [0, 0.1) is 6.92 Å². The number of fused-ring (bicyclic) bond motifs is 1. The molecular formula is C20H22N4O2. The smallest absolute Gasteiger partial charge is 0.171 e. The number of aromatic amines is 1. The maximum absolute atomic E-state index is 5.86. The maximum atomic E-state index is 5.86. The summed E-state index contributed by atoms with van der Waals surface area (Å²) >= 11 is 0. The fourth-order valence-electron chi connectivity index (χ4n) is 3.93. The molecule has 134 valence electrons. The Morgan fingerprint density at radius 2 is 1.77 bits per heavy atom. The van der Waals surface area contributed by atoms with Gasteiger partial charge >= 0.3 is 0 Å². The van der Waals surface area contributed by atoms with Crippen molar-refractivity contribution < 1.29 is 9.47 Å². The molecule has 2 fully saturated rings. The number of ether oxygens (including phenoxy) is 2. The number of hydrogen-bond acceptors (Lipinski definition) is 5. The van der Waals surface area contributed by atoms with Crippen LogP contribution in [0.1, 0.15) is 18.5 Å². The monoisotopic (exact) mass is 350 g/mol. The number of nitrogens with zero attached hydrogens (tertiary/aromatic N) is 3. The molecule has 6 heteroatoms. The number of anilines is 1. The largest absolute Gasteiger partial charge is 0.356 e. The molecule has 1 N–H and O–H groups in total. The van der Waals surface area contributed by atoms with Gasteiger partial charge < -0.3 is 19.4 Å². The van der Waals surface area contributed by atoms with Crippen molar-refractivity contribution in [1.82, 2.24) is 15.0 Å². The minimum Gasteiger partial charge on any atom is -0.356 e.